The number of aromatic carboxylic acids is 1. The van der Waals surface area contributed by atoms with Gasteiger partial charge in [-0.2, -0.15) is 5.10 Å². The topological polar surface area (TPSA) is 95.1 Å². The summed E-state index contributed by atoms with van der Waals surface area (Å²) < 4.78 is 0. The summed E-state index contributed by atoms with van der Waals surface area (Å²) >= 11 is 0. The predicted octanol–water partition coefficient (Wildman–Crippen LogP) is 1.97. The van der Waals surface area contributed by atoms with Crippen molar-refractivity contribution in [3.05, 3.63) is 52.3 Å². The molecule has 0 atom stereocenters. The number of carbonyl (C=O) groups is 2. The zero-order valence-corrected chi connectivity index (χ0v) is 12.6. The van der Waals surface area contributed by atoms with Gasteiger partial charge in [-0.3, -0.25) is 9.89 Å². The number of aromatic nitrogens is 2. The fraction of sp³-hybridized carbons (Fsp3) is 0.312. The minimum Gasteiger partial charge on any atom is -0.478 e. The third-order valence-corrected chi connectivity index (χ3v) is 3.57. The second kappa shape index (κ2) is 6.89. The van der Waals surface area contributed by atoms with Crippen LogP contribution in [0.3, 0.4) is 0 Å². The van der Waals surface area contributed by atoms with E-state index in [1.807, 2.05) is 13.8 Å². The molecule has 2 rings (SSSR count). The number of aromatic amines is 1. The number of benzene rings is 1. The summed E-state index contributed by atoms with van der Waals surface area (Å²) in [6, 6.07) is 6.46. The van der Waals surface area contributed by atoms with Crippen molar-refractivity contribution in [2.45, 2.75) is 33.2 Å². The molecule has 22 heavy (non-hydrogen) atoms. The SMILES string of the molecule is Cc1n[nH]c(C)c1CCC(=O)NCc1ccc(C(=O)O)cc1. The summed E-state index contributed by atoms with van der Waals surface area (Å²) in [5.74, 6) is -0.997. The van der Waals surface area contributed by atoms with E-state index in [0.717, 1.165) is 22.5 Å². The van der Waals surface area contributed by atoms with Gasteiger partial charge in [-0.05, 0) is 43.5 Å². The average molecular weight is 301 g/mol. The van der Waals surface area contributed by atoms with Gasteiger partial charge in [0.2, 0.25) is 5.91 Å². The third-order valence-electron chi connectivity index (χ3n) is 3.57. The molecule has 1 heterocycles. The molecule has 1 aromatic heterocycles. The molecule has 0 aliphatic heterocycles. The highest BCUT2D eigenvalue weighted by atomic mass is 16.4. The van der Waals surface area contributed by atoms with Crippen molar-refractivity contribution in [2.24, 2.45) is 0 Å². The maximum atomic E-state index is 11.9. The molecule has 116 valence electrons. The fourth-order valence-corrected chi connectivity index (χ4v) is 2.24. The average Bonchev–Trinajstić information content (AvgIpc) is 2.82. The first kappa shape index (κ1) is 15.8. The number of H-pyrrole nitrogens is 1. The van der Waals surface area contributed by atoms with Crippen LogP contribution in [0.25, 0.3) is 0 Å². The van der Waals surface area contributed by atoms with Crippen LogP contribution in [0.1, 0.15) is 39.3 Å². The molecule has 0 radical (unpaired) electrons. The highest BCUT2D eigenvalue weighted by Crippen LogP contribution is 2.11. The van der Waals surface area contributed by atoms with Crippen LogP contribution in [0.4, 0.5) is 0 Å². The summed E-state index contributed by atoms with van der Waals surface area (Å²) in [5.41, 5.74) is 4.11. The van der Waals surface area contributed by atoms with Crippen molar-refractivity contribution < 1.29 is 14.7 Å². The number of rotatable bonds is 6. The Bertz CT molecular complexity index is 655. The normalized spacial score (nSPS) is 10.5. The summed E-state index contributed by atoms with van der Waals surface area (Å²) in [4.78, 5) is 22.6. The Labute approximate surface area is 128 Å². The zero-order chi connectivity index (χ0) is 16.1. The third kappa shape index (κ3) is 3.94. The Morgan fingerprint density at radius 2 is 1.91 bits per heavy atom. The molecule has 0 aliphatic carbocycles. The van der Waals surface area contributed by atoms with Crippen molar-refractivity contribution in [1.82, 2.24) is 15.5 Å². The quantitative estimate of drug-likeness (QED) is 0.760. The molecule has 0 fully saturated rings. The number of aryl methyl sites for hydroxylation is 2. The predicted molar refractivity (Wildman–Crippen MR) is 81.6 cm³/mol. The van der Waals surface area contributed by atoms with E-state index in [1.54, 1.807) is 12.1 Å². The number of carboxylic acids is 1. The van der Waals surface area contributed by atoms with Crippen LogP contribution in [-0.2, 0) is 17.8 Å². The summed E-state index contributed by atoms with van der Waals surface area (Å²) in [5, 5.41) is 18.7. The van der Waals surface area contributed by atoms with Crippen molar-refractivity contribution in [2.75, 3.05) is 0 Å². The minimum absolute atomic E-state index is 0.0395. The van der Waals surface area contributed by atoms with E-state index >= 15 is 0 Å². The molecule has 2 aromatic rings. The molecule has 0 bridgehead atoms. The minimum atomic E-state index is -0.957. The van der Waals surface area contributed by atoms with Gasteiger partial charge in [0.05, 0.1) is 11.3 Å². The molecule has 0 saturated carbocycles. The van der Waals surface area contributed by atoms with Crippen molar-refractivity contribution >= 4 is 11.9 Å². The van der Waals surface area contributed by atoms with Crippen molar-refractivity contribution in [3.63, 3.8) is 0 Å². The van der Waals surface area contributed by atoms with E-state index in [2.05, 4.69) is 15.5 Å². The Morgan fingerprint density at radius 1 is 1.23 bits per heavy atom. The maximum absolute atomic E-state index is 11.9. The second-order valence-corrected chi connectivity index (χ2v) is 5.19. The van der Waals surface area contributed by atoms with E-state index in [-0.39, 0.29) is 11.5 Å². The van der Waals surface area contributed by atoms with Crippen LogP contribution in [0.2, 0.25) is 0 Å². The molecule has 1 amide bonds. The number of nitrogens with zero attached hydrogens (tertiary/aromatic N) is 1. The summed E-state index contributed by atoms with van der Waals surface area (Å²) in [6.07, 6.45) is 1.05. The monoisotopic (exact) mass is 301 g/mol. The number of nitrogens with one attached hydrogen (secondary N) is 2. The first-order chi connectivity index (χ1) is 10.5. The second-order valence-electron chi connectivity index (χ2n) is 5.19. The van der Waals surface area contributed by atoms with Crippen molar-refractivity contribution in [3.8, 4) is 0 Å². The van der Waals surface area contributed by atoms with Gasteiger partial charge >= 0.3 is 5.97 Å². The highest BCUT2D eigenvalue weighted by molar-refractivity contribution is 5.87. The molecule has 0 saturated heterocycles. The first-order valence-electron chi connectivity index (χ1n) is 7.06. The molecular weight excluding hydrogens is 282 g/mol. The molecule has 1 aromatic carbocycles. The maximum Gasteiger partial charge on any atom is 0.335 e. The number of hydrogen-bond acceptors (Lipinski definition) is 3. The largest absolute Gasteiger partial charge is 0.478 e. The van der Waals surface area contributed by atoms with Crippen molar-refractivity contribution in [1.29, 1.82) is 0 Å². The van der Waals surface area contributed by atoms with Crippen LogP contribution in [-0.4, -0.2) is 27.2 Å². The fourth-order valence-electron chi connectivity index (χ4n) is 2.24. The Hall–Kier alpha value is -2.63. The number of carboxylic acid groups (broad SMARTS) is 1. The molecule has 6 heteroatoms. The van der Waals surface area contributed by atoms with Crippen LogP contribution in [0, 0.1) is 13.8 Å². The molecule has 3 N–H and O–H groups in total. The lowest BCUT2D eigenvalue weighted by atomic mass is 10.1. The Kier molecular flexibility index (Phi) is 4.93. The van der Waals surface area contributed by atoms with Gasteiger partial charge in [-0.1, -0.05) is 12.1 Å². The van der Waals surface area contributed by atoms with Gasteiger partial charge in [0.1, 0.15) is 0 Å². The van der Waals surface area contributed by atoms with Gasteiger partial charge in [-0.15, -0.1) is 0 Å². The number of carbonyl (C=O) groups excluding carboxylic acids is 1. The molecular formula is C16H19N3O3. The van der Waals surface area contributed by atoms with E-state index in [9.17, 15) is 9.59 Å². The van der Waals surface area contributed by atoms with Crippen LogP contribution in [0.5, 0.6) is 0 Å². The lowest BCUT2D eigenvalue weighted by Crippen LogP contribution is -2.23. The van der Waals surface area contributed by atoms with E-state index in [0.29, 0.717) is 19.4 Å². The summed E-state index contributed by atoms with van der Waals surface area (Å²) in [6.45, 7) is 4.25. The van der Waals surface area contributed by atoms with E-state index in [1.165, 1.54) is 12.1 Å². The zero-order valence-electron chi connectivity index (χ0n) is 12.6. The smallest absolute Gasteiger partial charge is 0.335 e. The lowest BCUT2D eigenvalue weighted by molar-refractivity contribution is -0.121. The van der Waals surface area contributed by atoms with Gasteiger partial charge in [0, 0.05) is 18.7 Å². The van der Waals surface area contributed by atoms with Gasteiger partial charge < -0.3 is 10.4 Å². The van der Waals surface area contributed by atoms with Crippen LogP contribution >= 0.6 is 0 Å². The van der Waals surface area contributed by atoms with Crippen LogP contribution < -0.4 is 5.32 Å². The summed E-state index contributed by atoms with van der Waals surface area (Å²) in [7, 11) is 0. The molecule has 0 unspecified atom stereocenters. The highest BCUT2D eigenvalue weighted by Gasteiger charge is 2.09. The van der Waals surface area contributed by atoms with Crippen LogP contribution in [0.15, 0.2) is 24.3 Å². The van der Waals surface area contributed by atoms with Gasteiger partial charge in [0.15, 0.2) is 0 Å². The number of amides is 1. The molecule has 6 nitrogen and oxygen atoms in total. The lowest BCUT2D eigenvalue weighted by Gasteiger charge is -2.06. The van der Waals surface area contributed by atoms with E-state index < -0.39 is 5.97 Å². The molecule has 0 spiro atoms. The Morgan fingerprint density at radius 3 is 2.45 bits per heavy atom. The van der Waals surface area contributed by atoms with E-state index in [4.69, 9.17) is 5.11 Å². The number of hydrogen-bond donors (Lipinski definition) is 3. The Balaban J connectivity index is 1.81. The van der Waals surface area contributed by atoms with Gasteiger partial charge in [0.25, 0.3) is 0 Å². The van der Waals surface area contributed by atoms with Gasteiger partial charge in [-0.25, -0.2) is 4.79 Å². The molecule has 0 aliphatic rings. The first-order valence-corrected chi connectivity index (χ1v) is 7.06. The standard InChI is InChI=1S/C16H19N3O3/c1-10-14(11(2)19-18-10)7-8-15(20)17-9-12-3-5-13(6-4-12)16(21)22/h3-6H,7-9H2,1-2H3,(H,17,20)(H,18,19)(H,21,22).